The fourth-order valence-electron chi connectivity index (χ4n) is 4.98. The molecule has 0 aromatic heterocycles. The topological polar surface area (TPSA) is 95.7 Å². The molecule has 31 heavy (non-hydrogen) atoms. The molecule has 1 aliphatic heterocycles. The molecule has 0 radical (unpaired) electrons. The number of nitrogens with two attached hydrogens (primary N) is 1. The van der Waals surface area contributed by atoms with Gasteiger partial charge in [0.05, 0.1) is 5.92 Å². The van der Waals surface area contributed by atoms with Gasteiger partial charge in [0.1, 0.15) is 17.3 Å². The molecule has 0 spiro atoms. The van der Waals surface area contributed by atoms with Gasteiger partial charge < -0.3 is 15.2 Å². The Hall–Kier alpha value is -2.89. The van der Waals surface area contributed by atoms with Gasteiger partial charge in [-0.3, -0.25) is 14.4 Å². The first-order chi connectivity index (χ1) is 14.5. The number of primary amides is 1. The van der Waals surface area contributed by atoms with Crippen molar-refractivity contribution < 1.29 is 23.9 Å². The highest BCUT2D eigenvalue weighted by Gasteiger charge is 2.48. The summed E-state index contributed by atoms with van der Waals surface area (Å²) < 4.78 is 12.0. The Morgan fingerprint density at radius 2 is 1.48 bits per heavy atom. The summed E-state index contributed by atoms with van der Waals surface area (Å²) in [6, 6.07) is 7.22. The molecule has 164 valence electrons. The average molecular weight is 424 g/mol. The highest BCUT2D eigenvalue weighted by molar-refractivity contribution is 6.06. The molecule has 1 amide bonds. The van der Waals surface area contributed by atoms with Crippen LogP contribution in [0.4, 0.5) is 0 Å². The summed E-state index contributed by atoms with van der Waals surface area (Å²) >= 11 is 0. The largest absolute Gasteiger partial charge is 0.483 e. The van der Waals surface area contributed by atoms with Crippen LogP contribution in [0.3, 0.4) is 0 Å². The molecular weight excluding hydrogens is 394 g/mol. The highest BCUT2D eigenvalue weighted by atomic mass is 16.5. The van der Waals surface area contributed by atoms with E-state index < -0.39 is 11.8 Å². The van der Waals surface area contributed by atoms with Crippen LogP contribution >= 0.6 is 0 Å². The van der Waals surface area contributed by atoms with Crippen LogP contribution in [0.2, 0.25) is 0 Å². The molecule has 6 nitrogen and oxygen atoms in total. The second kappa shape index (κ2) is 7.36. The summed E-state index contributed by atoms with van der Waals surface area (Å²) in [7, 11) is 0. The number of hydrogen-bond donors (Lipinski definition) is 1. The van der Waals surface area contributed by atoms with E-state index in [4.69, 9.17) is 15.2 Å². The Balaban J connectivity index is 1.90. The molecule has 1 aromatic rings. The van der Waals surface area contributed by atoms with Crippen molar-refractivity contribution in [2.45, 2.75) is 59.3 Å². The van der Waals surface area contributed by atoms with Crippen LogP contribution in [0, 0.1) is 10.8 Å². The van der Waals surface area contributed by atoms with Crippen molar-refractivity contribution in [2.75, 3.05) is 6.61 Å². The molecule has 1 aromatic carbocycles. The van der Waals surface area contributed by atoms with Gasteiger partial charge in [-0.1, -0.05) is 45.9 Å². The van der Waals surface area contributed by atoms with Gasteiger partial charge in [-0.25, -0.2) is 0 Å². The van der Waals surface area contributed by atoms with Crippen molar-refractivity contribution in [3.05, 3.63) is 52.5 Å². The molecule has 0 unspecified atom stereocenters. The number of para-hydroxylation sites is 1. The average Bonchev–Trinajstić information content (AvgIpc) is 2.62. The molecule has 4 rings (SSSR count). The molecule has 3 aliphatic rings. The predicted octanol–water partition coefficient (Wildman–Crippen LogP) is 3.95. The minimum atomic E-state index is -0.590. The van der Waals surface area contributed by atoms with E-state index >= 15 is 0 Å². The van der Waals surface area contributed by atoms with Crippen LogP contribution in [0.15, 0.2) is 46.9 Å². The lowest BCUT2D eigenvalue weighted by molar-refractivity contribution is -0.121. The standard InChI is InChI=1S/C25H29NO5/c1-24(2)9-15(27)22-18(11-24)31-19-12-25(3,4)10-16(28)23(19)21(22)14-7-5-6-8-17(14)30-13-20(26)29/h5-8,21H,9-13H2,1-4H3,(H2,26,29). The van der Waals surface area contributed by atoms with Crippen molar-refractivity contribution in [2.24, 2.45) is 16.6 Å². The van der Waals surface area contributed by atoms with Gasteiger partial charge >= 0.3 is 0 Å². The summed E-state index contributed by atoms with van der Waals surface area (Å²) in [6.07, 6.45) is 2.02. The van der Waals surface area contributed by atoms with Crippen LogP contribution in [-0.2, 0) is 19.1 Å². The number of benzene rings is 1. The first-order valence-corrected chi connectivity index (χ1v) is 10.7. The zero-order valence-corrected chi connectivity index (χ0v) is 18.5. The van der Waals surface area contributed by atoms with Crippen LogP contribution in [0.5, 0.6) is 5.75 Å². The molecule has 0 saturated heterocycles. The zero-order valence-electron chi connectivity index (χ0n) is 18.5. The van der Waals surface area contributed by atoms with E-state index in [0.29, 0.717) is 59.7 Å². The van der Waals surface area contributed by atoms with Gasteiger partial charge in [0.25, 0.3) is 5.91 Å². The first-order valence-electron chi connectivity index (χ1n) is 10.7. The molecular formula is C25H29NO5. The van der Waals surface area contributed by atoms with Gasteiger partial charge in [0.2, 0.25) is 0 Å². The number of ether oxygens (including phenoxy) is 2. The number of rotatable bonds is 4. The number of carbonyl (C=O) groups is 3. The number of allylic oxidation sites excluding steroid dienone is 4. The number of carbonyl (C=O) groups excluding carboxylic acids is 3. The number of hydrogen-bond acceptors (Lipinski definition) is 5. The first kappa shape index (κ1) is 21.3. The van der Waals surface area contributed by atoms with Crippen LogP contribution in [0.1, 0.15) is 64.9 Å². The third-order valence-electron chi connectivity index (χ3n) is 6.18. The maximum atomic E-state index is 13.3. The maximum absolute atomic E-state index is 13.3. The van der Waals surface area contributed by atoms with Crippen molar-refractivity contribution in [1.82, 2.24) is 0 Å². The highest BCUT2D eigenvalue weighted by Crippen LogP contribution is 2.54. The summed E-state index contributed by atoms with van der Waals surface area (Å²) in [5, 5.41) is 0. The molecule has 1 heterocycles. The number of Topliss-reactive ketones (excluding diaryl/α,β-unsaturated/α-hetero) is 2. The Morgan fingerprint density at radius 3 is 2.00 bits per heavy atom. The van der Waals surface area contributed by atoms with Gasteiger partial charge in [-0.2, -0.15) is 0 Å². The van der Waals surface area contributed by atoms with Crippen LogP contribution < -0.4 is 10.5 Å². The van der Waals surface area contributed by atoms with E-state index in [9.17, 15) is 14.4 Å². The van der Waals surface area contributed by atoms with Crippen molar-refractivity contribution in [3.8, 4) is 5.75 Å². The second-order valence-corrected chi connectivity index (χ2v) is 10.4. The quantitative estimate of drug-likeness (QED) is 0.791. The van der Waals surface area contributed by atoms with Crippen molar-refractivity contribution in [1.29, 1.82) is 0 Å². The Labute approximate surface area is 182 Å². The lowest BCUT2D eigenvalue weighted by atomic mass is 9.65. The lowest BCUT2D eigenvalue weighted by Crippen LogP contribution is -2.37. The molecule has 0 saturated carbocycles. The second-order valence-electron chi connectivity index (χ2n) is 10.4. The minimum absolute atomic E-state index is 0.00913. The third kappa shape index (κ3) is 4.03. The van der Waals surface area contributed by atoms with E-state index in [2.05, 4.69) is 27.7 Å². The molecule has 6 heteroatoms. The summed E-state index contributed by atoms with van der Waals surface area (Å²) in [6.45, 7) is 7.93. The minimum Gasteiger partial charge on any atom is -0.483 e. The molecule has 0 atom stereocenters. The monoisotopic (exact) mass is 423 g/mol. The maximum Gasteiger partial charge on any atom is 0.255 e. The molecule has 0 bridgehead atoms. The summed E-state index contributed by atoms with van der Waals surface area (Å²) in [5.41, 5.74) is 6.62. The molecule has 2 aliphatic carbocycles. The normalized spacial score (nSPS) is 22.6. The van der Waals surface area contributed by atoms with E-state index in [-0.39, 0.29) is 29.0 Å². The zero-order chi connectivity index (χ0) is 22.6. The molecule has 0 fully saturated rings. The van der Waals surface area contributed by atoms with Crippen molar-refractivity contribution in [3.63, 3.8) is 0 Å². The van der Waals surface area contributed by atoms with Gasteiger partial charge in [-0.15, -0.1) is 0 Å². The van der Waals surface area contributed by atoms with E-state index in [1.54, 1.807) is 12.1 Å². The Bertz CT molecular complexity index is 992. The van der Waals surface area contributed by atoms with Gasteiger partial charge in [-0.05, 0) is 16.9 Å². The van der Waals surface area contributed by atoms with Crippen LogP contribution in [-0.4, -0.2) is 24.1 Å². The fourth-order valence-corrected chi connectivity index (χ4v) is 4.98. The van der Waals surface area contributed by atoms with Gasteiger partial charge in [0.15, 0.2) is 18.2 Å². The Morgan fingerprint density at radius 1 is 0.968 bits per heavy atom. The number of ketones is 2. The summed E-state index contributed by atoms with van der Waals surface area (Å²) in [5.74, 6) is 0.584. The predicted molar refractivity (Wildman–Crippen MR) is 115 cm³/mol. The van der Waals surface area contributed by atoms with Gasteiger partial charge in [0, 0.05) is 42.4 Å². The summed E-state index contributed by atoms with van der Waals surface area (Å²) in [4.78, 5) is 38.0. The Kier molecular flexibility index (Phi) is 5.07. The SMILES string of the molecule is CC1(C)CC(=O)C2=C(C1)OC1=C(C(=O)CC(C)(C)C1)C2c1ccccc1OCC(N)=O. The van der Waals surface area contributed by atoms with Crippen molar-refractivity contribution >= 4 is 17.5 Å². The fraction of sp³-hybridized carbons (Fsp3) is 0.480. The van der Waals surface area contributed by atoms with E-state index in [1.165, 1.54) is 0 Å². The smallest absolute Gasteiger partial charge is 0.255 e. The molecule has 2 N–H and O–H groups in total. The van der Waals surface area contributed by atoms with E-state index in [1.807, 2.05) is 12.1 Å². The van der Waals surface area contributed by atoms with Crippen LogP contribution in [0.25, 0.3) is 0 Å². The lowest BCUT2D eigenvalue weighted by Gasteiger charge is -2.43. The van der Waals surface area contributed by atoms with E-state index in [0.717, 1.165) is 0 Å². The third-order valence-corrected chi connectivity index (χ3v) is 6.18. The number of amides is 1.